The van der Waals surface area contributed by atoms with Crippen LogP contribution >= 0.6 is 15.9 Å². The summed E-state index contributed by atoms with van der Waals surface area (Å²) in [7, 11) is 0. The van der Waals surface area contributed by atoms with Gasteiger partial charge in [-0.2, -0.15) is 0 Å². The maximum absolute atomic E-state index is 3.28. The van der Waals surface area contributed by atoms with Crippen LogP contribution in [-0.4, -0.2) is 23.1 Å². The first-order valence-corrected chi connectivity index (χ1v) is 1.54. The Bertz CT molecular complexity index is 13.5. The van der Waals surface area contributed by atoms with Gasteiger partial charge in [-0.05, 0) is 4.99 Å². The highest BCUT2D eigenvalue weighted by Gasteiger charge is 1.18. The minimum absolute atomic E-state index is 0. The highest BCUT2D eigenvalue weighted by molar-refractivity contribution is 9.11. The van der Waals surface area contributed by atoms with E-state index in [9.17, 15) is 0 Å². The predicted octanol–water partition coefficient (Wildman–Crippen LogP) is 0.609. The monoisotopic (exact) mass is 132 g/mol. The highest BCUT2D eigenvalue weighted by atomic mass is 79.9. The second kappa shape index (κ2) is 9.01. The Labute approximate surface area is 50.6 Å². The van der Waals surface area contributed by atoms with Gasteiger partial charge in [0.25, 0.3) is 0 Å². The Morgan fingerprint density at radius 3 is 1.75 bits per heavy atom. The normalized spacial score (nSPS) is 3.25. The zero-order valence-corrected chi connectivity index (χ0v) is 3.25. The van der Waals surface area contributed by atoms with Crippen LogP contribution in [0.5, 0.6) is 0 Å². The summed E-state index contributed by atoms with van der Waals surface area (Å²) in [5.41, 5.74) is 0. The molecule has 0 aliphatic carbocycles. The molecule has 0 atom stereocenters. The van der Waals surface area contributed by atoms with Crippen LogP contribution in [0.3, 0.4) is 0 Å². The van der Waals surface area contributed by atoms with Crippen LogP contribution < -0.4 is 0 Å². The van der Waals surface area contributed by atoms with Crippen LogP contribution in [0.1, 0.15) is 0 Å². The number of hydrogen-bond donors (Lipinski definition) is 0. The molecule has 0 bridgehead atoms. The van der Waals surface area contributed by atoms with Crippen molar-refractivity contribution in [2.45, 2.75) is 0 Å². The zero-order valence-electron chi connectivity index (χ0n) is 1.66. The van der Waals surface area contributed by atoms with Crippen LogP contribution in [0.2, 0.25) is 0 Å². The van der Waals surface area contributed by atoms with Crippen molar-refractivity contribution in [2.24, 2.45) is 0 Å². The van der Waals surface area contributed by atoms with Gasteiger partial charge in [-0.1, -0.05) is 22.5 Å². The minimum Gasteiger partial charge on any atom is -0.0921 e. The lowest BCUT2D eigenvalue weighted by molar-refractivity contribution is 2.72. The van der Waals surface area contributed by atoms with E-state index < -0.39 is 0 Å². The molecule has 0 radical (unpaired) electrons. The van der Waals surface area contributed by atoms with Crippen molar-refractivity contribution >= 4 is 39.0 Å². The summed E-state index contributed by atoms with van der Waals surface area (Å²) in [5.74, 6) is 0. The van der Waals surface area contributed by atoms with E-state index in [2.05, 4.69) is 22.5 Å². The first-order chi connectivity index (χ1) is 1.41. The van der Waals surface area contributed by atoms with Gasteiger partial charge in [0.05, 0.1) is 0 Å². The molecule has 0 N–H and O–H groups in total. The van der Waals surface area contributed by atoms with Crippen LogP contribution in [0, 0.1) is 0 Å². The van der Waals surface area contributed by atoms with Crippen LogP contribution in [-0.2, 0) is 0 Å². The van der Waals surface area contributed by atoms with Crippen LogP contribution in [0.4, 0.5) is 0 Å². The average Bonchev–Trinajstić information content (AvgIpc) is 0.918. The van der Waals surface area contributed by atoms with Gasteiger partial charge in [-0.25, -0.2) is 0 Å². The van der Waals surface area contributed by atoms with E-state index in [1.54, 1.807) is 4.99 Å². The first kappa shape index (κ1) is 8.88. The molecular weight excluding hydrogens is 128 g/mol. The largest absolute Gasteiger partial charge is 0.316 e. The Kier molecular flexibility index (Phi) is 20.0. The van der Waals surface area contributed by atoms with E-state index in [1.807, 2.05) is 0 Å². The molecule has 0 aliphatic rings. The first-order valence-electron chi connectivity index (χ1n) is 0.626. The molecule has 0 aromatic heterocycles. The molecule has 0 aliphatic heterocycles. The predicted molar refractivity (Wildman–Crippen MR) is 27.7 cm³/mol. The molecule has 0 heterocycles. The van der Waals surface area contributed by atoms with Crippen molar-refractivity contribution in [3.05, 3.63) is 11.6 Å². The van der Waals surface area contributed by atoms with E-state index in [1.165, 1.54) is 0 Å². The Morgan fingerprint density at radius 2 is 1.75 bits per heavy atom. The lowest BCUT2D eigenvalue weighted by Gasteiger charge is -1.27. The molecule has 22 valence electrons. The van der Waals surface area contributed by atoms with Crippen molar-refractivity contribution in [3.63, 3.8) is 0 Å². The van der Waals surface area contributed by atoms with Gasteiger partial charge in [-0.3, -0.25) is 0 Å². The third-order valence-corrected chi connectivity index (χ3v) is 0. The SMILES string of the molecule is C=CBr.[MgH2]. The quantitative estimate of drug-likeness (QED) is 0.425. The molecule has 0 aromatic carbocycles. The number of hydrogen-bond acceptors (Lipinski definition) is 0. The second-order valence-electron chi connectivity index (χ2n) is 0.154. The topological polar surface area (TPSA) is 0 Å². The standard InChI is InChI=1S/C2H3Br.Mg.2H/c1-2-3;;;/h2H,1H2;;;. The summed E-state index contributed by atoms with van der Waals surface area (Å²) >= 11 is 2.91. The maximum Gasteiger partial charge on any atom is 0.316 e. The van der Waals surface area contributed by atoms with Gasteiger partial charge >= 0.3 is 23.1 Å². The van der Waals surface area contributed by atoms with Gasteiger partial charge in [0, 0.05) is 0 Å². The maximum atomic E-state index is 3.28. The van der Waals surface area contributed by atoms with Crippen molar-refractivity contribution < 1.29 is 0 Å². The van der Waals surface area contributed by atoms with Crippen LogP contribution in [0.15, 0.2) is 11.6 Å². The Balaban J connectivity index is 0. The van der Waals surface area contributed by atoms with Gasteiger partial charge in [0.2, 0.25) is 0 Å². The molecule has 0 unspecified atom stereocenters. The van der Waals surface area contributed by atoms with Gasteiger partial charge < -0.3 is 0 Å². The minimum atomic E-state index is 0. The van der Waals surface area contributed by atoms with Gasteiger partial charge in [-0.15, -0.1) is 0 Å². The lowest BCUT2D eigenvalue weighted by atomic mass is 11.3. The Hall–Kier alpha value is 0.986. The average molecular weight is 133 g/mol. The summed E-state index contributed by atoms with van der Waals surface area (Å²) in [5, 5.41) is 0. The fraction of sp³-hybridized carbons (Fsp3) is 0. The molecule has 0 saturated carbocycles. The van der Waals surface area contributed by atoms with Crippen molar-refractivity contribution in [1.82, 2.24) is 0 Å². The molecule has 2 heteroatoms. The third-order valence-electron chi connectivity index (χ3n) is 0. The molecule has 4 heavy (non-hydrogen) atoms. The lowest BCUT2D eigenvalue weighted by Crippen LogP contribution is -0.895. The molecule has 0 aromatic rings. The fourth-order valence-electron chi connectivity index (χ4n) is 0. The molecule has 0 fully saturated rings. The number of halogens is 1. The molecule has 0 amide bonds. The second-order valence-corrected chi connectivity index (χ2v) is 0.802. The smallest absolute Gasteiger partial charge is 0.0921 e. The zero-order chi connectivity index (χ0) is 2.71. The summed E-state index contributed by atoms with van der Waals surface area (Å²) in [6, 6.07) is 0. The molecular formula is C2H5BrMg. The van der Waals surface area contributed by atoms with E-state index in [4.69, 9.17) is 0 Å². The van der Waals surface area contributed by atoms with E-state index in [-0.39, 0.29) is 23.1 Å². The highest BCUT2D eigenvalue weighted by Crippen LogP contribution is 1.68. The van der Waals surface area contributed by atoms with E-state index in [0.717, 1.165) is 0 Å². The van der Waals surface area contributed by atoms with Crippen molar-refractivity contribution in [1.29, 1.82) is 0 Å². The van der Waals surface area contributed by atoms with Gasteiger partial charge in [0.1, 0.15) is 0 Å². The van der Waals surface area contributed by atoms with Gasteiger partial charge in [0.15, 0.2) is 0 Å². The third kappa shape index (κ3) is 12.1. The summed E-state index contributed by atoms with van der Waals surface area (Å²) in [4.78, 5) is 1.56. The fourth-order valence-corrected chi connectivity index (χ4v) is 0. The summed E-state index contributed by atoms with van der Waals surface area (Å²) in [6.45, 7) is 3.28. The Morgan fingerprint density at radius 1 is 1.75 bits per heavy atom. The van der Waals surface area contributed by atoms with E-state index in [0.29, 0.717) is 0 Å². The van der Waals surface area contributed by atoms with Crippen molar-refractivity contribution in [2.75, 3.05) is 0 Å². The number of rotatable bonds is 0. The molecule has 0 spiro atoms. The van der Waals surface area contributed by atoms with E-state index >= 15 is 0 Å². The molecule has 0 rings (SSSR count). The summed E-state index contributed by atoms with van der Waals surface area (Å²) < 4.78 is 0. The summed E-state index contributed by atoms with van der Waals surface area (Å²) in [6.07, 6.45) is 0. The molecule has 0 saturated heterocycles. The molecule has 0 nitrogen and oxygen atoms in total. The van der Waals surface area contributed by atoms with Crippen LogP contribution in [0.25, 0.3) is 0 Å². The van der Waals surface area contributed by atoms with Crippen molar-refractivity contribution in [3.8, 4) is 0 Å².